The zero-order chi connectivity index (χ0) is 22.5. The second-order valence-electron chi connectivity index (χ2n) is 9.67. The van der Waals surface area contributed by atoms with E-state index in [1.54, 1.807) is 0 Å². The van der Waals surface area contributed by atoms with Crippen molar-refractivity contribution in [3.8, 4) is 0 Å². The number of hydrogen-bond acceptors (Lipinski definition) is 3. The van der Waals surface area contributed by atoms with Crippen LogP contribution in [-0.4, -0.2) is 37.0 Å². The van der Waals surface area contributed by atoms with E-state index in [9.17, 15) is 9.18 Å². The Labute approximate surface area is 191 Å². The molecule has 32 heavy (non-hydrogen) atoms. The van der Waals surface area contributed by atoms with Gasteiger partial charge in [-0.1, -0.05) is 31.2 Å². The van der Waals surface area contributed by atoms with Gasteiger partial charge in [-0.15, -0.1) is 0 Å². The van der Waals surface area contributed by atoms with Crippen LogP contribution in [0.3, 0.4) is 0 Å². The Balaban J connectivity index is 1.23. The molecular weight excluding hydrogens is 401 g/mol. The normalized spacial score (nSPS) is 19.7. The summed E-state index contributed by atoms with van der Waals surface area (Å²) < 4.78 is 13.1. The molecule has 2 aliphatic rings. The predicted octanol–water partition coefficient (Wildman–Crippen LogP) is 5.15. The van der Waals surface area contributed by atoms with Gasteiger partial charge in [-0.05, 0) is 87.0 Å². The molecule has 4 nitrogen and oxygen atoms in total. The first-order valence-electron chi connectivity index (χ1n) is 12.1. The number of hydrogen-bond donors (Lipinski definition) is 1. The Kier molecular flexibility index (Phi) is 7.46. The first-order chi connectivity index (χ1) is 15.5. The minimum Gasteiger partial charge on any atom is -0.372 e. The summed E-state index contributed by atoms with van der Waals surface area (Å²) in [5.41, 5.74) is 3.55. The number of nitrogens with one attached hydrogen (secondary N) is 1. The van der Waals surface area contributed by atoms with E-state index in [-0.39, 0.29) is 23.7 Å². The number of nitrogens with zero attached hydrogens (tertiary/aromatic N) is 2. The van der Waals surface area contributed by atoms with Crippen molar-refractivity contribution in [1.29, 1.82) is 0 Å². The molecular formula is C27H36FN3O. The number of rotatable bonds is 6. The molecule has 2 saturated heterocycles. The average molecular weight is 438 g/mol. The van der Waals surface area contributed by atoms with Crippen molar-refractivity contribution in [1.82, 2.24) is 10.2 Å². The maximum absolute atomic E-state index is 13.1. The van der Waals surface area contributed by atoms with Crippen molar-refractivity contribution in [2.45, 2.75) is 52.1 Å². The summed E-state index contributed by atoms with van der Waals surface area (Å²) in [5, 5.41) is 3.23. The Morgan fingerprint density at radius 2 is 1.59 bits per heavy atom. The van der Waals surface area contributed by atoms with Crippen LogP contribution in [0.2, 0.25) is 0 Å². The van der Waals surface area contributed by atoms with Crippen molar-refractivity contribution in [2.24, 2.45) is 11.8 Å². The van der Waals surface area contributed by atoms with Gasteiger partial charge in [0.05, 0.1) is 6.04 Å². The summed E-state index contributed by atoms with van der Waals surface area (Å²) in [6.07, 6.45) is 4.26. The molecule has 0 aliphatic carbocycles. The largest absolute Gasteiger partial charge is 0.372 e. The first-order valence-corrected chi connectivity index (χ1v) is 12.1. The highest BCUT2D eigenvalue weighted by atomic mass is 19.1. The van der Waals surface area contributed by atoms with Gasteiger partial charge in [-0.25, -0.2) is 4.39 Å². The van der Waals surface area contributed by atoms with Gasteiger partial charge in [0.1, 0.15) is 5.82 Å². The van der Waals surface area contributed by atoms with Gasteiger partial charge < -0.3 is 10.2 Å². The third-order valence-electron chi connectivity index (χ3n) is 7.18. The van der Waals surface area contributed by atoms with Crippen molar-refractivity contribution < 1.29 is 9.18 Å². The number of halogens is 1. The minimum atomic E-state index is -0.200. The lowest BCUT2D eigenvalue weighted by molar-refractivity contribution is -0.127. The topological polar surface area (TPSA) is 35.6 Å². The van der Waals surface area contributed by atoms with Gasteiger partial charge in [0.15, 0.2) is 0 Å². The molecule has 0 spiro atoms. The maximum atomic E-state index is 13.1. The zero-order valence-electron chi connectivity index (χ0n) is 19.4. The maximum Gasteiger partial charge on any atom is 0.223 e. The summed E-state index contributed by atoms with van der Waals surface area (Å²) in [6.45, 7) is 9.27. The molecule has 1 amide bonds. The quantitative estimate of drug-likeness (QED) is 0.679. The molecule has 1 atom stereocenters. The Morgan fingerprint density at radius 3 is 2.22 bits per heavy atom. The second-order valence-corrected chi connectivity index (χ2v) is 9.67. The van der Waals surface area contributed by atoms with Crippen LogP contribution in [-0.2, 0) is 11.3 Å². The highest BCUT2D eigenvalue weighted by Gasteiger charge is 2.26. The lowest BCUT2D eigenvalue weighted by Crippen LogP contribution is -2.40. The summed E-state index contributed by atoms with van der Waals surface area (Å²) in [5.74, 6) is 0.856. The van der Waals surface area contributed by atoms with Crippen molar-refractivity contribution in [2.75, 3.05) is 31.1 Å². The fourth-order valence-corrected chi connectivity index (χ4v) is 4.86. The van der Waals surface area contributed by atoms with E-state index >= 15 is 0 Å². The smallest absolute Gasteiger partial charge is 0.223 e. The Hall–Kier alpha value is -2.40. The molecule has 0 aromatic heterocycles. The minimum absolute atomic E-state index is 0.00942. The first kappa shape index (κ1) is 22.8. The lowest BCUT2D eigenvalue weighted by atomic mass is 9.94. The van der Waals surface area contributed by atoms with E-state index in [1.165, 1.54) is 30.7 Å². The summed E-state index contributed by atoms with van der Waals surface area (Å²) >= 11 is 0. The number of anilines is 1. The van der Waals surface area contributed by atoms with Crippen LogP contribution in [0.15, 0.2) is 48.5 Å². The average Bonchev–Trinajstić information content (AvgIpc) is 2.81. The zero-order valence-corrected chi connectivity index (χ0v) is 19.4. The van der Waals surface area contributed by atoms with Crippen LogP contribution in [0.4, 0.5) is 10.1 Å². The van der Waals surface area contributed by atoms with Crippen LogP contribution in [0.1, 0.15) is 56.7 Å². The van der Waals surface area contributed by atoms with E-state index in [2.05, 4.69) is 53.2 Å². The molecule has 172 valence electrons. The molecule has 0 unspecified atom stereocenters. The van der Waals surface area contributed by atoms with E-state index in [0.29, 0.717) is 0 Å². The number of carbonyl (C=O) groups excluding carboxylic acids is 1. The van der Waals surface area contributed by atoms with Crippen molar-refractivity contribution in [3.05, 3.63) is 65.5 Å². The molecule has 0 bridgehead atoms. The van der Waals surface area contributed by atoms with Crippen LogP contribution < -0.4 is 10.2 Å². The third-order valence-corrected chi connectivity index (χ3v) is 7.18. The van der Waals surface area contributed by atoms with Gasteiger partial charge in [0, 0.05) is 31.2 Å². The van der Waals surface area contributed by atoms with E-state index < -0.39 is 0 Å². The number of piperidine rings is 2. The number of carbonyl (C=O) groups is 1. The second kappa shape index (κ2) is 10.5. The van der Waals surface area contributed by atoms with Gasteiger partial charge in [-0.3, -0.25) is 9.69 Å². The molecule has 2 aliphatic heterocycles. The molecule has 5 heteroatoms. The molecule has 0 saturated carbocycles. The SMILES string of the molecule is CC1CCN(c2ccc([C@H](C)NC(=O)C3CCN(Cc4ccc(F)cc4)CC3)cc2)CC1. The monoisotopic (exact) mass is 437 g/mol. The van der Waals surface area contributed by atoms with Crippen LogP contribution in [0.25, 0.3) is 0 Å². The Bertz CT molecular complexity index is 867. The summed E-state index contributed by atoms with van der Waals surface area (Å²) in [6, 6.07) is 15.4. The highest BCUT2D eigenvalue weighted by molar-refractivity contribution is 5.79. The van der Waals surface area contributed by atoms with Crippen molar-refractivity contribution in [3.63, 3.8) is 0 Å². The molecule has 2 aromatic carbocycles. The van der Waals surface area contributed by atoms with E-state index in [4.69, 9.17) is 0 Å². The molecule has 0 radical (unpaired) electrons. The summed E-state index contributed by atoms with van der Waals surface area (Å²) in [7, 11) is 0. The molecule has 4 rings (SSSR count). The fourth-order valence-electron chi connectivity index (χ4n) is 4.86. The van der Waals surface area contributed by atoms with E-state index in [1.807, 2.05) is 12.1 Å². The lowest BCUT2D eigenvalue weighted by Gasteiger charge is -2.32. The van der Waals surface area contributed by atoms with Crippen LogP contribution >= 0.6 is 0 Å². The number of likely N-dealkylation sites (tertiary alicyclic amines) is 1. The molecule has 2 aromatic rings. The van der Waals surface area contributed by atoms with Crippen LogP contribution in [0.5, 0.6) is 0 Å². The van der Waals surface area contributed by atoms with E-state index in [0.717, 1.165) is 62.6 Å². The highest BCUT2D eigenvalue weighted by Crippen LogP contribution is 2.25. The van der Waals surface area contributed by atoms with Gasteiger partial charge in [0.2, 0.25) is 5.91 Å². The molecule has 2 fully saturated rings. The summed E-state index contributed by atoms with van der Waals surface area (Å²) in [4.78, 5) is 17.7. The van der Waals surface area contributed by atoms with Crippen molar-refractivity contribution >= 4 is 11.6 Å². The van der Waals surface area contributed by atoms with Gasteiger partial charge in [-0.2, -0.15) is 0 Å². The molecule has 2 heterocycles. The predicted molar refractivity (Wildman–Crippen MR) is 128 cm³/mol. The Morgan fingerprint density at radius 1 is 0.969 bits per heavy atom. The van der Waals surface area contributed by atoms with Gasteiger partial charge >= 0.3 is 0 Å². The third kappa shape index (κ3) is 5.89. The number of benzene rings is 2. The fraction of sp³-hybridized carbons (Fsp3) is 0.519. The molecule has 1 N–H and O–H groups in total. The number of amides is 1. The van der Waals surface area contributed by atoms with Gasteiger partial charge in [0.25, 0.3) is 0 Å². The standard InChI is InChI=1S/C27H36FN3O/c1-20-11-17-31(18-12-20)26-9-5-23(6-10-26)21(2)29-27(32)24-13-15-30(16-14-24)19-22-3-7-25(28)8-4-22/h3-10,20-21,24H,11-19H2,1-2H3,(H,29,32)/t21-/m0/s1. The van der Waals surface area contributed by atoms with Crippen LogP contribution in [0, 0.1) is 17.7 Å².